The van der Waals surface area contributed by atoms with E-state index in [0.717, 1.165) is 17.6 Å². The zero-order valence-electron chi connectivity index (χ0n) is 10.6. The topological polar surface area (TPSA) is 55.4 Å². The van der Waals surface area contributed by atoms with Crippen LogP contribution < -0.4 is 5.73 Å². The second-order valence-corrected chi connectivity index (χ2v) is 3.94. The maximum atomic E-state index is 13.1. The fourth-order valence-electron chi connectivity index (χ4n) is 1.63. The van der Waals surface area contributed by atoms with Gasteiger partial charge in [0, 0.05) is 7.05 Å². The van der Waals surface area contributed by atoms with Gasteiger partial charge in [-0.2, -0.15) is 0 Å². The number of hydrogen-bond donors (Lipinski definition) is 1. The molecular formula is C14H17FN2O. The molecule has 0 aromatic heterocycles. The molecule has 1 aromatic carbocycles. The Morgan fingerprint density at radius 1 is 1.50 bits per heavy atom. The molecule has 0 saturated heterocycles. The molecule has 0 aliphatic heterocycles. The van der Waals surface area contributed by atoms with Crippen LogP contribution in [0.4, 0.5) is 4.39 Å². The Balaban J connectivity index is 2.91. The van der Waals surface area contributed by atoms with E-state index in [1.54, 1.807) is 12.1 Å². The average molecular weight is 248 g/mol. The van der Waals surface area contributed by atoms with Gasteiger partial charge in [0.2, 0.25) is 0 Å². The minimum Gasteiger partial charge on any atom is -0.364 e. The lowest BCUT2D eigenvalue weighted by atomic mass is 10.0. The van der Waals surface area contributed by atoms with Crippen molar-refractivity contribution >= 4 is 11.6 Å². The molecule has 0 unspecified atom stereocenters. The van der Waals surface area contributed by atoms with Crippen molar-refractivity contribution in [3.63, 3.8) is 0 Å². The van der Waals surface area contributed by atoms with Crippen molar-refractivity contribution in [2.24, 2.45) is 10.7 Å². The minimum absolute atomic E-state index is 0.239. The molecular weight excluding hydrogens is 231 g/mol. The zero-order valence-corrected chi connectivity index (χ0v) is 10.6. The molecule has 0 bridgehead atoms. The first-order valence-electron chi connectivity index (χ1n) is 5.77. The van der Waals surface area contributed by atoms with Crippen LogP contribution in [-0.2, 0) is 11.2 Å². The summed E-state index contributed by atoms with van der Waals surface area (Å²) >= 11 is 0. The summed E-state index contributed by atoms with van der Waals surface area (Å²) in [5.74, 6) is -0.815. The summed E-state index contributed by atoms with van der Waals surface area (Å²) in [5, 5.41) is 0. The minimum atomic E-state index is -0.553. The van der Waals surface area contributed by atoms with Crippen molar-refractivity contribution in [1.29, 1.82) is 0 Å². The quantitative estimate of drug-likeness (QED) is 0.798. The van der Waals surface area contributed by atoms with Crippen molar-refractivity contribution in [2.45, 2.75) is 19.8 Å². The van der Waals surface area contributed by atoms with Crippen LogP contribution in [0.15, 0.2) is 40.9 Å². The fourth-order valence-corrected chi connectivity index (χ4v) is 1.63. The SMILES string of the molecule is CC/C(=C\C(=NC)C(N)=O)Cc1cccc(F)c1. The van der Waals surface area contributed by atoms with Crippen molar-refractivity contribution in [3.05, 3.63) is 47.3 Å². The van der Waals surface area contributed by atoms with E-state index in [2.05, 4.69) is 4.99 Å². The molecule has 96 valence electrons. The smallest absolute Gasteiger partial charge is 0.266 e. The van der Waals surface area contributed by atoms with Gasteiger partial charge in [0.25, 0.3) is 5.91 Å². The summed E-state index contributed by atoms with van der Waals surface area (Å²) in [5.41, 5.74) is 7.28. The summed E-state index contributed by atoms with van der Waals surface area (Å²) < 4.78 is 13.1. The molecule has 0 saturated carbocycles. The average Bonchev–Trinajstić information content (AvgIpc) is 2.34. The molecule has 18 heavy (non-hydrogen) atoms. The van der Waals surface area contributed by atoms with E-state index >= 15 is 0 Å². The first-order valence-corrected chi connectivity index (χ1v) is 5.77. The summed E-state index contributed by atoms with van der Waals surface area (Å²) in [6, 6.07) is 6.40. The molecule has 4 heteroatoms. The van der Waals surface area contributed by atoms with E-state index in [1.165, 1.54) is 19.2 Å². The highest BCUT2D eigenvalue weighted by Gasteiger charge is 2.05. The molecule has 1 amide bonds. The van der Waals surface area contributed by atoms with E-state index in [-0.39, 0.29) is 11.5 Å². The maximum Gasteiger partial charge on any atom is 0.266 e. The van der Waals surface area contributed by atoms with Crippen molar-refractivity contribution < 1.29 is 9.18 Å². The highest BCUT2D eigenvalue weighted by Crippen LogP contribution is 2.12. The van der Waals surface area contributed by atoms with Crippen LogP contribution in [-0.4, -0.2) is 18.7 Å². The van der Waals surface area contributed by atoms with Crippen LogP contribution >= 0.6 is 0 Å². The van der Waals surface area contributed by atoms with Crippen LogP contribution in [0.3, 0.4) is 0 Å². The molecule has 0 fully saturated rings. The normalized spacial score (nSPS) is 12.6. The summed E-state index contributed by atoms with van der Waals surface area (Å²) in [7, 11) is 1.52. The van der Waals surface area contributed by atoms with Gasteiger partial charge in [0.1, 0.15) is 11.5 Å². The second-order valence-electron chi connectivity index (χ2n) is 3.94. The van der Waals surface area contributed by atoms with Gasteiger partial charge < -0.3 is 5.73 Å². The fraction of sp³-hybridized carbons (Fsp3) is 0.286. The van der Waals surface area contributed by atoms with Crippen molar-refractivity contribution in [3.8, 4) is 0 Å². The van der Waals surface area contributed by atoms with Gasteiger partial charge in [-0.1, -0.05) is 24.6 Å². The number of carbonyl (C=O) groups is 1. The number of nitrogens with zero attached hydrogens (tertiary/aromatic N) is 1. The highest BCUT2D eigenvalue weighted by molar-refractivity contribution is 6.42. The van der Waals surface area contributed by atoms with Crippen LogP contribution in [0.5, 0.6) is 0 Å². The Morgan fingerprint density at radius 3 is 2.72 bits per heavy atom. The number of benzene rings is 1. The van der Waals surface area contributed by atoms with Gasteiger partial charge in [-0.05, 0) is 36.6 Å². The van der Waals surface area contributed by atoms with Crippen LogP contribution in [0.1, 0.15) is 18.9 Å². The molecule has 0 radical (unpaired) electrons. The number of rotatable bonds is 5. The van der Waals surface area contributed by atoms with E-state index in [4.69, 9.17) is 5.73 Å². The lowest BCUT2D eigenvalue weighted by Crippen LogP contribution is -2.21. The first kappa shape index (κ1) is 14.1. The van der Waals surface area contributed by atoms with Crippen LogP contribution in [0.25, 0.3) is 0 Å². The molecule has 1 rings (SSSR count). The Morgan fingerprint density at radius 2 is 2.22 bits per heavy atom. The molecule has 0 atom stereocenters. The van der Waals surface area contributed by atoms with Gasteiger partial charge in [0.05, 0.1) is 0 Å². The first-order chi connectivity index (χ1) is 8.56. The third kappa shape index (κ3) is 4.13. The largest absolute Gasteiger partial charge is 0.364 e. The van der Waals surface area contributed by atoms with Crippen LogP contribution in [0, 0.1) is 5.82 Å². The van der Waals surface area contributed by atoms with E-state index in [9.17, 15) is 9.18 Å². The molecule has 0 spiro atoms. The zero-order chi connectivity index (χ0) is 13.5. The Bertz CT molecular complexity index is 492. The monoisotopic (exact) mass is 248 g/mol. The Hall–Kier alpha value is -1.97. The number of carbonyl (C=O) groups excluding carboxylic acids is 1. The molecule has 0 aliphatic rings. The third-order valence-electron chi connectivity index (χ3n) is 2.61. The Kier molecular flexibility index (Phi) is 5.24. The predicted octanol–water partition coefficient (Wildman–Crippen LogP) is 2.26. The number of halogens is 1. The Labute approximate surface area is 106 Å². The molecule has 1 aromatic rings. The molecule has 2 N–H and O–H groups in total. The van der Waals surface area contributed by atoms with E-state index in [0.29, 0.717) is 6.42 Å². The molecule has 3 nitrogen and oxygen atoms in total. The van der Waals surface area contributed by atoms with Crippen molar-refractivity contribution in [1.82, 2.24) is 0 Å². The van der Waals surface area contributed by atoms with E-state index < -0.39 is 5.91 Å². The number of hydrogen-bond acceptors (Lipinski definition) is 2. The molecule has 0 aliphatic carbocycles. The maximum absolute atomic E-state index is 13.1. The third-order valence-corrected chi connectivity index (χ3v) is 2.61. The number of allylic oxidation sites excluding steroid dienone is 1. The predicted molar refractivity (Wildman–Crippen MR) is 71.0 cm³/mol. The summed E-state index contributed by atoms with van der Waals surface area (Å²) in [6.07, 6.45) is 3.01. The molecule has 0 heterocycles. The standard InChI is InChI=1S/C14H17FN2O/c1-3-10(9-13(17-2)14(16)18)7-11-5-4-6-12(15)8-11/h4-6,8-9H,3,7H2,1-2H3,(H2,16,18)/b10-9+,17-13?. The van der Waals surface area contributed by atoms with Gasteiger partial charge in [-0.3, -0.25) is 9.79 Å². The van der Waals surface area contributed by atoms with E-state index in [1.807, 2.05) is 13.0 Å². The number of aliphatic imine (C=N–C) groups is 1. The van der Waals surface area contributed by atoms with Gasteiger partial charge in [0.15, 0.2) is 0 Å². The second kappa shape index (κ2) is 6.69. The van der Waals surface area contributed by atoms with Gasteiger partial charge in [-0.25, -0.2) is 4.39 Å². The lowest BCUT2D eigenvalue weighted by molar-refractivity contribution is -0.111. The van der Waals surface area contributed by atoms with Crippen LogP contribution in [0.2, 0.25) is 0 Å². The number of nitrogens with two attached hydrogens (primary N) is 1. The number of primary amides is 1. The summed E-state index contributed by atoms with van der Waals surface area (Å²) in [6.45, 7) is 1.97. The highest BCUT2D eigenvalue weighted by atomic mass is 19.1. The number of amides is 1. The summed E-state index contributed by atoms with van der Waals surface area (Å²) in [4.78, 5) is 14.9. The van der Waals surface area contributed by atoms with Gasteiger partial charge in [-0.15, -0.1) is 0 Å². The lowest BCUT2D eigenvalue weighted by Gasteiger charge is -2.05. The van der Waals surface area contributed by atoms with Gasteiger partial charge >= 0.3 is 0 Å². The van der Waals surface area contributed by atoms with Crippen molar-refractivity contribution in [2.75, 3.05) is 7.05 Å².